The minimum absolute atomic E-state index is 0.266. The standard InChI is InChI=1S/C18H23ClN4O3/c1-17(2,3)26-16(25)23-8-6-18(12-20,7-9-23)15(24)22-11-13-4-5-14(19)21-10-13/h4-5,10H,6-9,11H2,1-3H3,(H,22,24). The normalized spacial score (nSPS) is 16.5. The first kappa shape index (κ1) is 20.0. The summed E-state index contributed by atoms with van der Waals surface area (Å²) in [5.41, 5.74) is -0.925. The molecule has 0 atom stereocenters. The van der Waals surface area contributed by atoms with Crippen molar-refractivity contribution in [2.45, 2.75) is 45.8 Å². The Kier molecular flexibility index (Phi) is 6.09. The Balaban J connectivity index is 1.93. The van der Waals surface area contributed by atoms with E-state index in [-0.39, 0.29) is 25.3 Å². The molecule has 7 nitrogen and oxygen atoms in total. The van der Waals surface area contributed by atoms with Crippen LogP contribution in [-0.2, 0) is 16.1 Å². The van der Waals surface area contributed by atoms with Crippen LogP contribution < -0.4 is 5.32 Å². The number of amides is 2. The van der Waals surface area contributed by atoms with E-state index >= 15 is 0 Å². The number of pyridine rings is 1. The van der Waals surface area contributed by atoms with Gasteiger partial charge in [0.2, 0.25) is 5.91 Å². The number of ether oxygens (including phenoxy) is 1. The van der Waals surface area contributed by atoms with Crippen molar-refractivity contribution in [3.05, 3.63) is 29.0 Å². The molecule has 140 valence electrons. The number of piperidine rings is 1. The number of halogens is 1. The van der Waals surface area contributed by atoms with E-state index in [1.807, 2.05) is 0 Å². The molecule has 1 N–H and O–H groups in total. The Labute approximate surface area is 158 Å². The number of carbonyl (C=O) groups excluding carboxylic acids is 2. The average Bonchev–Trinajstić information content (AvgIpc) is 2.59. The molecule has 8 heteroatoms. The molecule has 1 aliphatic heterocycles. The lowest BCUT2D eigenvalue weighted by Crippen LogP contribution is -2.50. The molecule has 0 radical (unpaired) electrons. The Hall–Kier alpha value is -2.33. The summed E-state index contributed by atoms with van der Waals surface area (Å²) in [6.07, 6.45) is 1.70. The fraction of sp³-hybridized carbons (Fsp3) is 0.556. The van der Waals surface area contributed by atoms with E-state index in [4.69, 9.17) is 16.3 Å². The van der Waals surface area contributed by atoms with Crippen LogP contribution in [0, 0.1) is 16.7 Å². The van der Waals surface area contributed by atoms with Gasteiger partial charge in [0.15, 0.2) is 0 Å². The van der Waals surface area contributed by atoms with Crippen LogP contribution in [0.25, 0.3) is 0 Å². The van der Waals surface area contributed by atoms with Gasteiger partial charge in [0.1, 0.15) is 16.2 Å². The predicted molar refractivity (Wildman–Crippen MR) is 96.2 cm³/mol. The number of carbonyl (C=O) groups is 2. The molecule has 0 spiro atoms. The number of hydrogen-bond acceptors (Lipinski definition) is 5. The van der Waals surface area contributed by atoms with Gasteiger partial charge >= 0.3 is 6.09 Å². The van der Waals surface area contributed by atoms with Crippen LogP contribution in [-0.4, -0.2) is 40.6 Å². The zero-order valence-electron chi connectivity index (χ0n) is 15.2. The Bertz CT molecular complexity index is 699. The van der Waals surface area contributed by atoms with Crippen molar-refractivity contribution in [1.29, 1.82) is 5.26 Å². The van der Waals surface area contributed by atoms with Crippen LogP contribution in [0.1, 0.15) is 39.2 Å². The summed E-state index contributed by atoms with van der Waals surface area (Å²) in [5, 5.41) is 12.7. The average molecular weight is 379 g/mol. The molecule has 2 heterocycles. The molecule has 1 aromatic rings. The summed E-state index contributed by atoms with van der Waals surface area (Å²) in [5.74, 6) is -0.334. The van der Waals surface area contributed by atoms with E-state index in [1.54, 1.807) is 39.1 Å². The third kappa shape index (κ3) is 5.09. The molecule has 0 saturated carbocycles. The van der Waals surface area contributed by atoms with Gasteiger partial charge in [0, 0.05) is 25.8 Å². The van der Waals surface area contributed by atoms with Gasteiger partial charge in [-0.25, -0.2) is 9.78 Å². The molecule has 1 fully saturated rings. The van der Waals surface area contributed by atoms with Gasteiger partial charge in [-0.1, -0.05) is 17.7 Å². The first-order chi connectivity index (χ1) is 12.1. The van der Waals surface area contributed by atoms with E-state index in [0.717, 1.165) is 5.56 Å². The van der Waals surface area contributed by atoms with Crippen molar-refractivity contribution in [2.24, 2.45) is 5.41 Å². The van der Waals surface area contributed by atoms with Gasteiger partial charge in [0.05, 0.1) is 6.07 Å². The fourth-order valence-corrected chi connectivity index (χ4v) is 2.76. The maximum Gasteiger partial charge on any atom is 0.410 e. The van der Waals surface area contributed by atoms with Crippen molar-refractivity contribution in [1.82, 2.24) is 15.2 Å². The van der Waals surface area contributed by atoms with E-state index in [9.17, 15) is 14.9 Å². The number of nitriles is 1. The Morgan fingerprint density at radius 3 is 2.54 bits per heavy atom. The summed E-state index contributed by atoms with van der Waals surface area (Å²) in [6.45, 7) is 6.27. The highest BCUT2D eigenvalue weighted by Gasteiger charge is 2.43. The minimum Gasteiger partial charge on any atom is -0.444 e. The first-order valence-corrected chi connectivity index (χ1v) is 8.81. The lowest BCUT2D eigenvalue weighted by molar-refractivity contribution is -0.130. The second-order valence-electron chi connectivity index (χ2n) is 7.33. The highest BCUT2D eigenvalue weighted by Crippen LogP contribution is 2.32. The topological polar surface area (TPSA) is 95.3 Å². The molecule has 0 aliphatic carbocycles. The second kappa shape index (κ2) is 7.92. The van der Waals surface area contributed by atoms with Gasteiger partial charge in [-0.2, -0.15) is 5.26 Å². The fourth-order valence-electron chi connectivity index (χ4n) is 2.65. The summed E-state index contributed by atoms with van der Waals surface area (Å²) < 4.78 is 5.34. The van der Waals surface area contributed by atoms with E-state index < -0.39 is 17.1 Å². The number of nitrogens with one attached hydrogen (secondary N) is 1. The third-order valence-corrected chi connectivity index (χ3v) is 4.38. The zero-order chi connectivity index (χ0) is 19.4. The highest BCUT2D eigenvalue weighted by molar-refractivity contribution is 6.29. The van der Waals surface area contributed by atoms with Crippen molar-refractivity contribution in [3.8, 4) is 6.07 Å². The largest absolute Gasteiger partial charge is 0.444 e. The summed E-state index contributed by atoms with van der Waals surface area (Å²) in [4.78, 5) is 30.2. The highest BCUT2D eigenvalue weighted by atomic mass is 35.5. The maximum absolute atomic E-state index is 12.6. The van der Waals surface area contributed by atoms with E-state index in [1.165, 1.54) is 4.90 Å². The molecule has 0 bridgehead atoms. The predicted octanol–water partition coefficient (Wildman–Crippen LogP) is 2.89. The summed E-state index contributed by atoms with van der Waals surface area (Å²) >= 11 is 5.74. The monoisotopic (exact) mass is 378 g/mol. The number of hydrogen-bond donors (Lipinski definition) is 1. The molecule has 2 amide bonds. The molecular formula is C18H23ClN4O3. The van der Waals surface area contributed by atoms with Crippen LogP contribution in [0.2, 0.25) is 5.15 Å². The van der Waals surface area contributed by atoms with Crippen LogP contribution in [0.15, 0.2) is 18.3 Å². The van der Waals surface area contributed by atoms with Gasteiger partial charge < -0.3 is 15.0 Å². The molecule has 1 aromatic heterocycles. The van der Waals surface area contributed by atoms with Gasteiger partial charge in [-0.15, -0.1) is 0 Å². The van der Waals surface area contributed by atoms with Crippen LogP contribution in [0.4, 0.5) is 4.79 Å². The van der Waals surface area contributed by atoms with Crippen LogP contribution >= 0.6 is 11.6 Å². The number of rotatable bonds is 3. The third-order valence-electron chi connectivity index (χ3n) is 4.16. The van der Waals surface area contributed by atoms with E-state index in [0.29, 0.717) is 18.2 Å². The molecule has 0 unspecified atom stereocenters. The molecule has 26 heavy (non-hydrogen) atoms. The first-order valence-electron chi connectivity index (χ1n) is 8.43. The zero-order valence-corrected chi connectivity index (χ0v) is 16.0. The molecule has 1 saturated heterocycles. The summed E-state index contributed by atoms with van der Waals surface area (Å²) in [6, 6.07) is 5.55. The molecular weight excluding hydrogens is 356 g/mol. The van der Waals surface area contributed by atoms with Crippen LogP contribution in [0.5, 0.6) is 0 Å². The maximum atomic E-state index is 12.6. The van der Waals surface area contributed by atoms with Gasteiger partial charge in [-0.05, 0) is 45.2 Å². The number of nitrogens with zero attached hydrogens (tertiary/aromatic N) is 3. The smallest absolute Gasteiger partial charge is 0.410 e. The second-order valence-corrected chi connectivity index (χ2v) is 7.72. The Morgan fingerprint density at radius 1 is 1.38 bits per heavy atom. The lowest BCUT2D eigenvalue weighted by atomic mass is 9.79. The molecule has 1 aliphatic rings. The lowest BCUT2D eigenvalue weighted by Gasteiger charge is -2.36. The molecule has 2 rings (SSSR count). The minimum atomic E-state index is -1.14. The quantitative estimate of drug-likeness (QED) is 0.816. The molecule has 0 aromatic carbocycles. The van der Waals surface area contributed by atoms with Crippen molar-refractivity contribution < 1.29 is 14.3 Å². The van der Waals surface area contributed by atoms with Crippen LogP contribution in [0.3, 0.4) is 0 Å². The van der Waals surface area contributed by atoms with Gasteiger partial charge in [0.25, 0.3) is 0 Å². The van der Waals surface area contributed by atoms with Crippen molar-refractivity contribution in [3.63, 3.8) is 0 Å². The SMILES string of the molecule is CC(C)(C)OC(=O)N1CCC(C#N)(C(=O)NCc2ccc(Cl)nc2)CC1. The van der Waals surface area contributed by atoms with Gasteiger partial charge in [-0.3, -0.25) is 4.79 Å². The Morgan fingerprint density at radius 2 is 2.04 bits per heavy atom. The van der Waals surface area contributed by atoms with E-state index in [2.05, 4.69) is 16.4 Å². The summed E-state index contributed by atoms with van der Waals surface area (Å²) in [7, 11) is 0. The number of likely N-dealkylation sites (tertiary alicyclic amines) is 1. The van der Waals surface area contributed by atoms with Crippen molar-refractivity contribution in [2.75, 3.05) is 13.1 Å². The number of aromatic nitrogens is 1. The van der Waals surface area contributed by atoms with Crippen molar-refractivity contribution >= 4 is 23.6 Å².